The maximum Gasteiger partial charge on any atom is 0.250 e. The second kappa shape index (κ2) is 104. The molecule has 0 saturated heterocycles. The van der Waals surface area contributed by atoms with E-state index in [0.29, 0.717) is 34.2 Å². The molecule has 544 valence electrons. The van der Waals surface area contributed by atoms with E-state index in [2.05, 4.69) is 77.2 Å². The van der Waals surface area contributed by atoms with E-state index in [4.69, 9.17) is 55.0 Å². The Bertz CT molecular complexity index is 4870. The molecule has 0 fully saturated rings. The molecule has 69 heteroatoms. The molecule has 0 amide bonds. The number of hydrogen-bond acceptors (Lipinski definition) is 11. The van der Waals surface area contributed by atoms with E-state index in [-0.39, 0.29) is 0 Å². The lowest BCUT2D eigenvalue weighted by molar-refractivity contribution is -0.708. The Morgan fingerprint density at radius 1 is 0.330 bits per heavy atom. The van der Waals surface area contributed by atoms with Crippen LogP contribution in [-0.2, 0) is 558 Å². The highest BCUT2D eigenvalue weighted by Crippen LogP contribution is 2.32. The standard InChI is InChI=1S/C9H14NS2.C8H18OS2.C5H12OS.S31.S30/c1-8(2)11-12-9-6-4-5-7-10(9)3;1-7(2)10-11-8(3)5-4-6-9;1-5(7)3-2-4-6;1-3-5-7-9-11-13-15-17-19-21-23-25-27-29-31-30-28-26-24-22-20-18-16-14-12-10-8-6-4-2;1-3-5-7-9-11-13-15-17-19-21-23-25-27-29-30-28-26-24-22-20-18-16-14-12-10-8-6-4-2/h4-8H,1-3H3;7-9H,4-6H2,1-3H3;5-7H,2-4H2,1H3;;/q+1;;;;. The largest absolute Gasteiger partial charge is 0.396 e. The number of aliphatic hydroxyl groups is 2. The van der Waals surface area contributed by atoms with Gasteiger partial charge in [0.1, 0.15) is 7.05 Å². The molecule has 0 aliphatic carbocycles. The van der Waals surface area contributed by atoms with E-state index < -0.39 is 0 Å². The van der Waals surface area contributed by atoms with Crippen molar-refractivity contribution in [3.05, 3.63) is 24.4 Å². The summed E-state index contributed by atoms with van der Waals surface area (Å²) >= 11 is 23.3. The van der Waals surface area contributed by atoms with E-state index >= 15 is 0 Å². The second-order valence-electron chi connectivity index (χ2n) is 11.4. The summed E-state index contributed by atoms with van der Waals surface area (Å²) in [7, 11) is 110. The van der Waals surface area contributed by atoms with Gasteiger partial charge in [0.05, 0.1) is 0 Å². The summed E-state index contributed by atoms with van der Waals surface area (Å²) < 4.78 is 2.14. The lowest BCUT2D eigenvalue weighted by Gasteiger charge is -2.10. The van der Waals surface area contributed by atoms with Gasteiger partial charge in [0, 0.05) is 603 Å². The second-order valence-corrected chi connectivity index (χ2v) is 119. The molecular weight excluding hydrogens is 2430 g/mol. The number of rotatable bonds is 12. The first kappa shape index (κ1) is 112. The predicted octanol–water partition coefficient (Wildman–Crippen LogP) is 6.53. The van der Waals surface area contributed by atoms with E-state index in [1.165, 1.54) is 40.5 Å². The summed E-state index contributed by atoms with van der Waals surface area (Å²) in [5.41, 5.74) is 0. The van der Waals surface area contributed by atoms with Gasteiger partial charge in [0.25, 0.3) is 0 Å². The Hall–Kier alpha value is 14.2. The van der Waals surface area contributed by atoms with Crippen LogP contribution in [0, 0.1) is 0 Å². The highest BCUT2D eigenvalue weighted by atomic mass is 33.5. The molecule has 2 unspecified atom stereocenters. The van der Waals surface area contributed by atoms with Crippen LogP contribution in [0.3, 0.4) is 0 Å². The molecule has 0 spiro atoms. The van der Waals surface area contributed by atoms with Crippen molar-refractivity contribution in [3.8, 4) is 0 Å². The maximum absolute atomic E-state index is 8.58. The quantitative estimate of drug-likeness (QED) is 0.123. The van der Waals surface area contributed by atoms with Crippen molar-refractivity contribution in [2.75, 3.05) is 13.2 Å². The number of pyridine rings is 1. The normalized spacial score (nSPS) is 9.27. The molecule has 0 aliphatic heterocycles. The Labute approximate surface area is 740 Å². The number of aliphatic hydroxyl groups excluding tert-OH is 2. The molecule has 3 nitrogen and oxygen atoms in total. The van der Waals surface area contributed by atoms with Crippen LogP contribution in [0.15, 0.2) is 29.4 Å². The van der Waals surface area contributed by atoms with E-state index in [0.717, 1.165) is 25.7 Å². The smallest absolute Gasteiger partial charge is 0.250 e. The number of hydrogen-bond donors (Lipinski definition) is 3. The zero-order valence-electron chi connectivity index (χ0n) is 44.7. The molecule has 1 heterocycles. The van der Waals surface area contributed by atoms with Gasteiger partial charge in [-0.25, -0.2) is 0 Å². The van der Waals surface area contributed by atoms with Crippen molar-refractivity contribution in [3.63, 3.8) is 0 Å². The minimum atomic E-state index is 0.297. The van der Waals surface area contributed by atoms with Crippen LogP contribution in [0.2, 0.25) is 0 Å². The SMILES string of the molecule is CC(C)SSC(C)CCCO.CC(C)SSc1cccc[n+]1C.CC(S)CCCO.S=S=S=S=S=S=S=S=S=S=S=S=S=S=S=S=S=S=S=S=S=S=S=S=S=S=S=S=S=S.S=S=S=S=S=S=S=S=S=S=S=S=S=S=S=S=S=S=S=S=S=S=S=S=S=S=S=S=S=S=S. The van der Waals surface area contributed by atoms with Gasteiger partial charge in [0.15, 0.2) is 6.20 Å². The monoisotopic (exact) mass is 2460 g/mol. The maximum atomic E-state index is 8.58. The minimum absolute atomic E-state index is 0.297. The zero-order valence-corrected chi connectivity index (χ0v) is 98.7. The summed E-state index contributed by atoms with van der Waals surface area (Å²) in [6.07, 6.45) is 6.03. The van der Waals surface area contributed by atoms with Crippen molar-refractivity contribution in [2.24, 2.45) is 7.05 Å². The molecule has 0 bridgehead atoms. The number of aryl methyl sites for hydroxylation is 1. The van der Waals surface area contributed by atoms with Crippen LogP contribution in [0.1, 0.15) is 67.2 Å². The zero-order chi connectivity index (χ0) is 67.7. The van der Waals surface area contributed by atoms with Gasteiger partial charge in [-0.05, 0) is 37.0 Å². The highest BCUT2D eigenvalue weighted by molar-refractivity contribution is 8.83. The van der Waals surface area contributed by atoms with E-state index in [9.17, 15) is 0 Å². The number of thiol groups is 1. The molecule has 1 rings (SSSR count). The fourth-order valence-corrected chi connectivity index (χ4v) is 152. The Kier molecular flexibility index (Phi) is 128. The molecule has 1 aromatic rings. The molecule has 1 aromatic heterocycles. The Morgan fingerprint density at radius 3 is 0.725 bits per heavy atom. The Balaban J connectivity index is -0.000000576. The Morgan fingerprint density at radius 2 is 0.549 bits per heavy atom. The summed E-state index contributed by atoms with van der Waals surface area (Å²) in [5, 5.41) is 20.7. The van der Waals surface area contributed by atoms with Crippen molar-refractivity contribution in [1.82, 2.24) is 0 Å². The number of aromatic nitrogens is 1. The van der Waals surface area contributed by atoms with Crippen molar-refractivity contribution in [1.29, 1.82) is 0 Å². The summed E-state index contributed by atoms with van der Waals surface area (Å²) in [4.78, 5) is 0. The van der Waals surface area contributed by atoms with Gasteiger partial charge in [-0.1, -0.05) is 73.9 Å². The van der Waals surface area contributed by atoms with Crippen LogP contribution in [-0.4, -0.2) is 44.4 Å². The van der Waals surface area contributed by atoms with Gasteiger partial charge in [-0.2, -0.15) is 17.2 Å². The van der Waals surface area contributed by atoms with Crippen LogP contribution in [0.5, 0.6) is 0 Å². The van der Waals surface area contributed by atoms with Crippen LogP contribution in [0.4, 0.5) is 0 Å². The molecule has 2 atom stereocenters. The fraction of sp³-hybridized carbons (Fsp3) is 0.773. The molecule has 0 aromatic carbocycles. The molecule has 0 aliphatic rings. The average molecular weight is 2470 g/mol. The highest BCUT2D eigenvalue weighted by Gasteiger charge is 2.06. The van der Waals surface area contributed by atoms with Crippen molar-refractivity contribution in [2.45, 2.75) is 93.3 Å². The van der Waals surface area contributed by atoms with Gasteiger partial charge >= 0.3 is 0 Å². The van der Waals surface area contributed by atoms with Crippen molar-refractivity contribution < 1.29 is 14.8 Å². The first-order valence-electron chi connectivity index (χ1n) is 20.5. The third kappa shape index (κ3) is 113. The predicted molar refractivity (Wildman–Crippen MR) is 596 cm³/mol. The molecular formula is C22H44NO2S66+. The molecule has 0 radical (unpaired) electrons. The van der Waals surface area contributed by atoms with E-state index in [1.54, 1.807) is 231 Å². The van der Waals surface area contributed by atoms with Gasteiger partial charge in [-0.3, -0.25) is 0 Å². The van der Waals surface area contributed by atoms with Crippen LogP contribution < -0.4 is 4.57 Å². The summed E-state index contributed by atoms with van der Waals surface area (Å²) in [6.45, 7) is 13.7. The van der Waals surface area contributed by atoms with Gasteiger partial charge < -0.3 is 10.2 Å². The summed E-state index contributed by atoms with van der Waals surface area (Å²) in [5.74, 6) is 0. The van der Waals surface area contributed by atoms with Crippen LogP contribution >= 0.6 is 55.8 Å². The van der Waals surface area contributed by atoms with Gasteiger partial charge in [0.2, 0.25) is 5.03 Å². The minimum Gasteiger partial charge on any atom is -0.396 e. The number of nitrogens with zero attached hydrogens (tertiary/aromatic N) is 1. The first-order chi connectivity index (χ1) is 44.5. The lowest BCUT2D eigenvalue weighted by Crippen LogP contribution is -2.29. The third-order valence-corrected chi connectivity index (χ3v) is 134. The molecule has 2 N–H and O–H groups in total. The molecule has 0 saturated carbocycles. The first-order valence-corrected chi connectivity index (χ1v) is 104. The average Bonchev–Trinajstić information content (AvgIpc) is 3.71. The van der Waals surface area contributed by atoms with E-state index in [1.807, 2.05) is 296 Å². The fourth-order valence-electron chi connectivity index (χ4n) is 2.36. The third-order valence-electron chi connectivity index (χ3n) is 4.82. The topological polar surface area (TPSA) is 44.3 Å². The lowest BCUT2D eigenvalue weighted by atomic mass is 10.3. The van der Waals surface area contributed by atoms with Gasteiger partial charge in [-0.15, -0.1) is 0 Å². The van der Waals surface area contributed by atoms with Crippen molar-refractivity contribution >= 4 is 607 Å². The van der Waals surface area contributed by atoms with Crippen LogP contribution in [0.25, 0.3) is 0 Å². The summed E-state index contributed by atoms with van der Waals surface area (Å²) in [6, 6.07) is 6.26. The molecule has 91 heavy (non-hydrogen) atoms.